The third kappa shape index (κ3) is 3.33. The van der Waals surface area contributed by atoms with E-state index in [-0.39, 0.29) is 0 Å². The van der Waals surface area contributed by atoms with Crippen molar-refractivity contribution < 1.29 is 4.74 Å². The molecule has 2 aromatic rings. The van der Waals surface area contributed by atoms with Crippen molar-refractivity contribution in [3.63, 3.8) is 0 Å². The van der Waals surface area contributed by atoms with E-state index in [0.717, 1.165) is 21.3 Å². The van der Waals surface area contributed by atoms with Crippen molar-refractivity contribution >= 4 is 15.9 Å². The summed E-state index contributed by atoms with van der Waals surface area (Å²) in [5.74, 6) is 6.94. The number of hydrogen-bond donors (Lipinski definition) is 0. The molecule has 17 heavy (non-hydrogen) atoms. The Kier molecular flexibility index (Phi) is 3.79. The first-order valence-corrected chi connectivity index (χ1v) is 5.84. The first kappa shape index (κ1) is 11.7. The van der Waals surface area contributed by atoms with E-state index in [0.29, 0.717) is 0 Å². The highest BCUT2D eigenvalue weighted by Gasteiger charge is 1.92. The van der Waals surface area contributed by atoms with Crippen LogP contribution in [0.3, 0.4) is 0 Å². The van der Waals surface area contributed by atoms with Crippen molar-refractivity contribution in [2.75, 3.05) is 7.11 Å². The van der Waals surface area contributed by atoms with Crippen LogP contribution in [0.1, 0.15) is 11.1 Å². The number of rotatable bonds is 1. The summed E-state index contributed by atoms with van der Waals surface area (Å²) < 4.78 is 6.06. The predicted molar refractivity (Wildman–Crippen MR) is 70.9 cm³/mol. The fraction of sp³-hybridized carbons (Fsp3) is 0.0714. The number of aromatic nitrogens is 1. The molecule has 0 radical (unpaired) electrons. The Balaban J connectivity index is 2.26. The highest BCUT2D eigenvalue weighted by molar-refractivity contribution is 9.10. The van der Waals surface area contributed by atoms with Crippen LogP contribution >= 0.6 is 15.9 Å². The Morgan fingerprint density at radius 2 is 1.94 bits per heavy atom. The second-order valence-corrected chi connectivity index (χ2v) is 4.29. The quantitative estimate of drug-likeness (QED) is 0.751. The Morgan fingerprint density at radius 1 is 1.12 bits per heavy atom. The minimum Gasteiger partial charge on any atom is -0.497 e. The van der Waals surface area contributed by atoms with Crippen LogP contribution in [0.5, 0.6) is 5.75 Å². The molecule has 0 spiro atoms. The van der Waals surface area contributed by atoms with Crippen LogP contribution in [-0.2, 0) is 0 Å². The van der Waals surface area contributed by atoms with Gasteiger partial charge in [0, 0.05) is 28.0 Å². The summed E-state index contributed by atoms with van der Waals surface area (Å²) in [6.07, 6.45) is 3.47. The second-order valence-electron chi connectivity index (χ2n) is 3.37. The summed E-state index contributed by atoms with van der Waals surface area (Å²) in [4.78, 5) is 4.06. The van der Waals surface area contributed by atoms with Gasteiger partial charge in [0.15, 0.2) is 0 Å². The first-order valence-electron chi connectivity index (χ1n) is 5.04. The number of benzene rings is 1. The molecule has 0 N–H and O–H groups in total. The fourth-order valence-electron chi connectivity index (χ4n) is 1.33. The van der Waals surface area contributed by atoms with E-state index < -0.39 is 0 Å². The topological polar surface area (TPSA) is 22.1 Å². The van der Waals surface area contributed by atoms with E-state index in [1.165, 1.54) is 0 Å². The SMILES string of the molecule is COc1cccc(C#Cc2cncc(Br)c2)c1. The van der Waals surface area contributed by atoms with Crippen LogP contribution in [0.25, 0.3) is 0 Å². The molecule has 2 rings (SSSR count). The summed E-state index contributed by atoms with van der Waals surface area (Å²) in [6.45, 7) is 0. The van der Waals surface area contributed by atoms with Crippen LogP contribution in [0, 0.1) is 11.8 Å². The van der Waals surface area contributed by atoms with Gasteiger partial charge in [-0.2, -0.15) is 0 Å². The molecule has 84 valence electrons. The summed E-state index contributed by atoms with van der Waals surface area (Å²) in [5, 5.41) is 0. The number of ether oxygens (including phenoxy) is 1. The average Bonchev–Trinajstić information content (AvgIpc) is 2.37. The van der Waals surface area contributed by atoms with Crippen LogP contribution in [0.4, 0.5) is 0 Å². The lowest BCUT2D eigenvalue weighted by atomic mass is 10.2. The third-order valence-electron chi connectivity index (χ3n) is 2.13. The van der Waals surface area contributed by atoms with Crippen molar-refractivity contribution in [2.24, 2.45) is 0 Å². The number of nitrogens with zero attached hydrogens (tertiary/aromatic N) is 1. The van der Waals surface area contributed by atoms with Gasteiger partial charge < -0.3 is 4.74 Å². The molecular weight excluding hydrogens is 278 g/mol. The summed E-state index contributed by atoms with van der Waals surface area (Å²) in [6, 6.07) is 9.59. The molecule has 0 fully saturated rings. The highest BCUT2D eigenvalue weighted by Crippen LogP contribution is 2.12. The molecule has 0 aliphatic heterocycles. The summed E-state index contributed by atoms with van der Waals surface area (Å²) >= 11 is 3.36. The minimum atomic E-state index is 0.809. The molecule has 0 aliphatic rings. The molecule has 1 heterocycles. The Hall–Kier alpha value is -1.79. The van der Waals surface area contributed by atoms with Gasteiger partial charge in [0.25, 0.3) is 0 Å². The fourth-order valence-corrected chi connectivity index (χ4v) is 1.69. The van der Waals surface area contributed by atoms with Gasteiger partial charge in [-0.05, 0) is 40.2 Å². The molecule has 3 heteroatoms. The molecule has 0 amide bonds. The van der Waals surface area contributed by atoms with Gasteiger partial charge >= 0.3 is 0 Å². The second kappa shape index (κ2) is 5.51. The lowest BCUT2D eigenvalue weighted by Crippen LogP contribution is -1.83. The standard InChI is InChI=1S/C14H10BrNO/c1-17-14-4-2-3-11(8-14)5-6-12-7-13(15)10-16-9-12/h2-4,7-10H,1H3. The Bertz CT molecular complexity index is 584. The molecule has 0 saturated carbocycles. The van der Waals surface area contributed by atoms with E-state index >= 15 is 0 Å². The number of hydrogen-bond acceptors (Lipinski definition) is 2. The van der Waals surface area contributed by atoms with Crippen molar-refractivity contribution in [1.29, 1.82) is 0 Å². The highest BCUT2D eigenvalue weighted by atomic mass is 79.9. The summed E-state index contributed by atoms with van der Waals surface area (Å²) in [5.41, 5.74) is 1.80. The zero-order valence-electron chi connectivity index (χ0n) is 9.27. The van der Waals surface area contributed by atoms with Gasteiger partial charge in [0.2, 0.25) is 0 Å². The molecule has 0 bridgehead atoms. The Morgan fingerprint density at radius 3 is 2.71 bits per heavy atom. The number of halogens is 1. The maximum absolute atomic E-state index is 5.14. The molecular formula is C14H10BrNO. The van der Waals surface area contributed by atoms with E-state index in [9.17, 15) is 0 Å². The number of pyridine rings is 1. The van der Waals surface area contributed by atoms with E-state index in [2.05, 4.69) is 32.8 Å². The monoisotopic (exact) mass is 287 g/mol. The van der Waals surface area contributed by atoms with E-state index in [4.69, 9.17) is 4.74 Å². The van der Waals surface area contributed by atoms with E-state index in [1.807, 2.05) is 30.3 Å². The van der Waals surface area contributed by atoms with Gasteiger partial charge in [0.05, 0.1) is 7.11 Å². The molecule has 0 atom stereocenters. The molecule has 0 aliphatic carbocycles. The maximum Gasteiger partial charge on any atom is 0.120 e. The van der Waals surface area contributed by atoms with Gasteiger partial charge in [-0.3, -0.25) is 4.98 Å². The van der Waals surface area contributed by atoms with Gasteiger partial charge in [-0.1, -0.05) is 17.9 Å². The maximum atomic E-state index is 5.14. The van der Waals surface area contributed by atoms with Crippen LogP contribution in [0.15, 0.2) is 47.2 Å². The zero-order valence-corrected chi connectivity index (χ0v) is 10.9. The van der Waals surface area contributed by atoms with Crippen molar-refractivity contribution in [1.82, 2.24) is 4.98 Å². The molecule has 1 aromatic heterocycles. The molecule has 0 saturated heterocycles. The Labute approximate surface area is 109 Å². The first-order chi connectivity index (χ1) is 8.28. The zero-order chi connectivity index (χ0) is 12.1. The molecule has 1 aromatic carbocycles. The van der Waals surface area contributed by atoms with Crippen molar-refractivity contribution in [2.45, 2.75) is 0 Å². The van der Waals surface area contributed by atoms with Gasteiger partial charge in [-0.15, -0.1) is 0 Å². The van der Waals surface area contributed by atoms with Crippen LogP contribution < -0.4 is 4.74 Å². The molecule has 0 unspecified atom stereocenters. The van der Waals surface area contributed by atoms with Crippen molar-refractivity contribution in [3.05, 3.63) is 58.3 Å². The lowest BCUT2D eigenvalue weighted by molar-refractivity contribution is 0.414. The normalized spacial score (nSPS) is 9.29. The smallest absolute Gasteiger partial charge is 0.120 e. The largest absolute Gasteiger partial charge is 0.497 e. The van der Waals surface area contributed by atoms with Gasteiger partial charge in [0.1, 0.15) is 5.75 Å². The van der Waals surface area contributed by atoms with E-state index in [1.54, 1.807) is 19.5 Å². The average molecular weight is 288 g/mol. The van der Waals surface area contributed by atoms with Gasteiger partial charge in [-0.25, -0.2) is 0 Å². The summed E-state index contributed by atoms with van der Waals surface area (Å²) in [7, 11) is 1.64. The van der Waals surface area contributed by atoms with Crippen LogP contribution in [0.2, 0.25) is 0 Å². The van der Waals surface area contributed by atoms with Crippen molar-refractivity contribution in [3.8, 4) is 17.6 Å². The lowest BCUT2D eigenvalue weighted by Gasteiger charge is -1.98. The van der Waals surface area contributed by atoms with Crippen LogP contribution in [-0.4, -0.2) is 12.1 Å². The minimum absolute atomic E-state index is 0.809. The molecule has 2 nitrogen and oxygen atoms in total. The predicted octanol–water partition coefficient (Wildman–Crippen LogP) is 3.25. The third-order valence-corrected chi connectivity index (χ3v) is 2.56. The number of methoxy groups -OCH3 is 1.